The van der Waals surface area contributed by atoms with E-state index in [-0.39, 0.29) is 12.3 Å². The monoisotopic (exact) mass is 254 g/mol. The standard InChI is InChI=1S/C12H18N2O4/c1-4-5-10(12(16)17)13-11(15)6-9-7(2)14-18-8(9)3/h10H,4-6H2,1-3H3,(H,13,15)(H,16,17). The lowest BCUT2D eigenvalue weighted by molar-refractivity contribution is -0.141. The van der Waals surface area contributed by atoms with Crippen molar-refractivity contribution >= 4 is 11.9 Å². The van der Waals surface area contributed by atoms with Crippen molar-refractivity contribution in [3.8, 4) is 0 Å². The highest BCUT2D eigenvalue weighted by molar-refractivity contribution is 5.85. The zero-order valence-electron chi connectivity index (χ0n) is 10.8. The average molecular weight is 254 g/mol. The van der Waals surface area contributed by atoms with Crippen LogP contribution in [-0.2, 0) is 16.0 Å². The van der Waals surface area contributed by atoms with Gasteiger partial charge in [-0.25, -0.2) is 4.79 Å². The molecule has 1 rings (SSSR count). The lowest BCUT2D eigenvalue weighted by atomic mass is 10.1. The zero-order chi connectivity index (χ0) is 13.7. The summed E-state index contributed by atoms with van der Waals surface area (Å²) in [5, 5.41) is 15.2. The maximum absolute atomic E-state index is 11.8. The van der Waals surface area contributed by atoms with Crippen LogP contribution in [0.15, 0.2) is 4.52 Å². The van der Waals surface area contributed by atoms with Crippen molar-refractivity contribution in [3.05, 3.63) is 17.0 Å². The highest BCUT2D eigenvalue weighted by Crippen LogP contribution is 2.12. The molecular formula is C12H18N2O4. The minimum atomic E-state index is -1.01. The van der Waals surface area contributed by atoms with Crippen molar-refractivity contribution in [2.45, 2.75) is 46.1 Å². The molecule has 2 N–H and O–H groups in total. The molecule has 1 aromatic rings. The highest BCUT2D eigenvalue weighted by atomic mass is 16.5. The molecule has 0 saturated carbocycles. The van der Waals surface area contributed by atoms with Gasteiger partial charge in [0.15, 0.2) is 0 Å². The van der Waals surface area contributed by atoms with Gasteiger partial charge in [0.2, 0.25) is 5.91 Å². The van der Waals surface area contributed by atoms with Gasteiger partial charge in [0.1, 0.15) is 11.8 Å². The molecule has 6 heteroatoms. The Kier molecular flexibility index (Phi) is 4.88. The lowest BCUT2D eigenvalue weighted by Gasteiger charge is -2.13. The van der Waals surface area contributed by atoms with Gasteiger partial charge in [-0.1, -0.05) is 18.5 Å². The van der Waals surface area contributed by atoms with Crippen LogP contribution in [0.1, 0.15) is 36.8 Å². The van der Waals surface area contributed by atoms with Crippen LogP contribution in [0.3, 0.4) is 0 Å². The first-order chi connectivity index (χ1) is 8.45. The fourth-order valence-electron chi connectivity index (χ4n) is 1.71. The van der Waals surface area contributed by atoms with E-state index in [2.05, 4.69) is 10.5 Å². The van der Waals surface area contributed by atoms with Crippen molar-refractivity contribution in [2.75, 3.05) is 0 Å². The molecule has 100 valence electrons. The maximum Gasteiger partial charge on any atom is 0.326 e. The molecule has 1 heterocycles. The maximum atomic E-state index is 11.8. The summed E-state index contributed by atoms with van der Waals surface area (Å²) in [5.41, 5.74) is 1.37. The van der Waals surface area contributed by atoms with Crippen LogP contribution >= 0.6 is 0 Å². The topological polar surface area (TPSA) is 92.4 Å². The second-order valence-electron chi connectivity index (χ2n) is 4.23. The van der Waals surface area contributed by atoms with Gasteiger partial charge < -0.3 is 14.9 Å². The summed E-state index contributed by atoms with van der Waals surface area (Å²) in [7, 11) is 0. The van der Waals surface area contributed by atoms with E-state index >= 15 is 0 Å². The number of carboxylic acid groups (broad SMARTS) is 1. The third-order valence-corrected chi connectivity index (χ3v) is 2.73. The first kappa shape index (κ1) is 14.2. The fourth-order valence-corrected chi connectivity index (χ4v) is 1.71. The van der Waals surface area contributed by atoms with Crippen molar-refractivity contribution in [3.63, 3.8) is 0 Å². The van der Waals surface area contributed by atoms with E-state index in [1.807, 2.05) is 6.92 Å². The zero-order valence-corrected chi connectivity index (χ0v) is 10.8. The van der Waals surface area contributed by atoms with E-state index in [0.717, 1.165) is 0 Å². The van der Waals surface area contributed by atoms with Crippen LogP contribution in [0.5, 0.6) is 0 Å². The van der Waals surface area contributed by atoms with Crippen LogP contribution in [0, 0.1) is 13.8 Å². The van der Waals surface area contributed by atoms with Gasteiger partial charge in [0.05, 0.1) is 12.1 Å². The summed E-state index contributed by atoms with van der Waals surface area (Å²) in [4.78, 5) is 22.7. The Balaban J connectivity index is 2.63. The lowest BCUT2D eigenvalue weighted by Crippen LogP contribution is -2.41. The van der Waals surface area contributed by atoms with Crippen LogP contribution < -0.4 is 5.32 Å². The molecule has 1 atom stereocenters. The van der Waals surface area contributed by atoms with Gasteiger partial charge in [0.25, 0.3) is 0 Å². The number of aromatic nitrogens is 1. The Labute approximate surface area is 105 Å². The largest absolute Gasteiger partial charge is 0.480 e. The summed E-state index contributed by atoms with van der Waals surface area (Å²) in [6.07, 6.45) is 1.21. The number of carboxylic acids is 1. The van der Waals surface area contributed by atoms with Crippen molar-refractivity contribution in [2.24, 2.45) is 0 Å². The average Bonchev–Trinajstić information content (AvgIpc) is 2.60. The summed E-state index contributed by atoms with van der Waals surface area (Å²) in [5.74, 6) is -0.751. The van der Waals surface area contributed by atoms with E-state index in [9.17, 15) is 9.59 Å². The number of hydrogen-bond acceptors (Lipinski definition) is 4. The van der Waals surface area contributed by atoms with Crippen LogP contribution in [0.2, 0.25) is 0 Å². The van der Waals surface area contributed by atoms with Gasteiger partial charge in [0, 0.05) is 5.56 Å². The predicted octanol–water partition coefficient (Wildman–Crippen LogP) is 1.20. The fraction of sp³-hybridized carbons (Fsp3) is 0.583. The number of rotatable bonds is 6. The summed E-state index contributed by atoms with van der Waals surface area (Å²) in [6, 6.07) is -0.831. The van der Waals surface area contributed by atoms with Crippen LogP contribution in [0.25, 0.3) is 0 Å². The first-order valence-corrected chi connectivity index (χ1v) is 5.89. The summed E-state index contributed by atoms with van der Waals surface area (Å²) < 4.78 is 4.95. The number of amides is 1. The molecule has 0 aliphatic carbocycles. The third-order valence-electron chi connectivity index (χ3n) is 2.73. The van der Waals surface area contributed by atoms with Crippen LogP contribution in [-0.4, -0.2) is 28.2 Å². The van der Waals surface area contributed by atoms with Gasteiger partial charge >= 0.3 is 5.97 Å². The van der Waals surface area contributed by atoms with E-state index < -0.39 is 12.0 Å². The summed E-state index contributed by atoms with van der Waals surface area (Å²) in [6.45, 7) is 5.35. The minimum absolute atomic E-state index is 0.0919. The molecule has 6 nitrogen and oxygen atoms in total. The number of carbonyl (C=O) groups is 2. The minimum Gasteiger partial charge on any atom is -0.480 e. The molecular weight excluding hydrogens is 236 g/mol. The van der Waals surface area contributed by atoms with E-state index in [1.165, 1.54) is 0 Å². The quantitative estimate of drug-likeness (QED) is 0.795. The summed E-state index contributed by atoms with van der Waals surface area (Å²) >= 11 is 0. The number of aliphatic carboxylic acids is 1. The number of aryl methyl sites for hydroxylation is 2. The van der Waals surface area contributed by atoms with Gasteiger partial charge in [-0.15, -0.1) is 0 Å². The first-order valence-electron chi connectivity index (χ1n) is 5.89. The van der Waals surface area contributed by atoms with Crippen molar-refractivity contribution in [1.29, 1.82) is 0 Å². The van der Waals surface area contributed by atoms with Crippen molar-refractivity contribution < 1.29 is 19.2 Å². The Morgan fingerprint density at radius 3 is 2.56 bits per heavy atom. The smallest absolute Gasteiger partial charge is 0.326 e. The predicted molar refractivity (Wildman–Crippen MR) is 64.2 cm³/mol. The Bertz CT molecular complexity index is 420. The molecule has 0 radical (unpaired) electrons. The SMILES string of the molecule is CCCC(NC(=O)Cc1c(C)noc1C)C(=O)O. The second-order valence-corrected chi connectivity index (χ2v) is 4.23. The molecule has 0 fully saturated rings. The Hall–Kier alpha value is -1.85. The van der Waals surface area contributed by atoms with E-state index in [0.29, 0.717) is 29.9 Å². The van der Waals surface area contributed by atoms with E-state index in [1.54, 1.807) is 13.8 Å². The Morgan fingerprint density at radius 2 is 2.11 bits per heavy atom. The number of nitrogens with one attached hydrogen (secondary N) is 1. The molecule has 18 heavy (non-hydrogen) atoms. The molecule has 0 aromatic carbocycles. The molecule has 0 aliphatic rings. The van der Waals surface area contributed by atoms with E-state index in [4.69, 9.17) is 9.63 Å². The highest BCUT2D eigenvalue weighted by Gasteiger charge is 2.20. The molecule has 0 spiro atoms. The normalized spacial score (nSPS) is 12.2. The molecule has 1 unspecified atom stereocenters. The third kappa shape index (κ3) is 3.58. The number of nitrogens with zero attached hydrogens (tertiary/aromatic N) is 1. The Morgan fingerprint density at radius 1 is 1.44 bits per heavy atom. The number of hydrogen-bond donors (Lipinski definition) is 2. The molecule has 0 saturated heterocycles. The molecule has 0 aliphatic heterocycles. The molecule has 1 aromatic heterocycles. The second kappa shape index (κ2) is 6.18. The van der Waals surface area contributed by atoms with Gasteiger partial charge in [-0.2, -0.15) is 0 Å². The molecule has 0 bridgehead atoms. The van der Waals surface area contributed by atoms with Gasteiger partial charge in [-0.05, 0) is 20.3 Å². The van der Waals surface area contributed by atoms with Gasteiger partial charge in [-0.3, -0.25) is 4.79 Å². The van der Waals surface area contributed by atoms with Crippen molar-refractivity contribution in [1.82, 2.24) is 10.5 Å². The molecule has 1 amide bonds. The number of carbonyl (C=O) groups excluding carboxylic acids is 1. The van der Waals surface area contributed by atoms with Crippen LogP contribution in [0.4, 0.5) is 0 Å².